The first-order valence-electron chi connectivity index (χ1n) is 8.58. The van der Waals surface area contributed by atoms with Crippen LogP contribution in [0.3, 0.4) is 0 Å². The summed E-state index contributed by atoms with van der Waals surface area (Å²) in [5.74, 6) is 3.58. The summed E-state index contributed by atoms with van der Waals surface area (Å²) in [6, 6.07) is 11.9. The lowest BCUT2D eigenvalue weighted by Gasteiger charge is -2.33. The summed E-state index contributed by atoms with van der Waals surface area (Å²) in [6.07, 6.45) is 7.16. The Kier molecular flexibility index (Phi) is 4.45. The van der Waals surface area contributed by atoms with Gasteiger partial charge in [0.25, 0.3) is 0 Å². The zero-order chi connectivity index (χ0) is 13.9. The minimum atomic E-state index is 0.762. The van der Waals surface area contributed by atoms with Crippen LogP contribution in [0.15, 0.2) is 30.3 Å². The van der Waals surface area contributed by atoms with Gasteiger partial charge < -0.3 is 5.32 Å². The summed E-state index contributed by atoms with van der Waals surface area (Å²) in [6.45, 7) is 5.80. The summed E-state index contributed by atoms with van der Waals surface area (Å²) < 4.78 is 0. The van der Waals surface area contributed by atoms with E-state index in [1.165, 1.54) is 32.1 Å². The Morgan fingerprint density at radius 3 is 2.45 bits per heavy atom. The maximum atomic E-state index is 3.83. The second kappa shape index (κ2) is 6.30. The fraction of sp³-hybridized carbons (Fsp3) is 0.684. The van der Waals surface area contributed by atoms with E-state index in [4.69, 9.17) is 0 Å². The lowest BCUT2D eigenvalue weighted by molar-refractivity contribution is 0.214. The highest BCUT2D eigenvalue weighted by atomic mass is 14.9. The molecule has 0 aliphatic heterocycles. The largest absolute Gasteiger partial charge is 0.314 e. The molecule has 2 fully saturated rings. The number of hydrogen-bond acceptors (Lipinski definition) is 1. The van der Waals surface area contributed by atoms with E-state index in [0.29, 0.717) is 0 Å². The maximum absolute atomic E-state index is 3.83. The molecule has 0 amide bonds. The van der Waals surface area contributed by atoms with Crippen molar-refractivity contribution in [2.24, 2.45) is 17.8 Å². The van der Waals surface area contributed by atoms with Crippen LogP contribution in [0.2, 0.25) is 0 Å². The van der Waals surface area contributed by atoms with Crippen molar-refractivity contribution in [2.45, 2.75) is 57.9 Å². The third-order valence-corrected chi connectivity index (χ3v) is 5.54. The molecule has 1 aromatic carbocycles. The topological polar surface area (TPSA) is 12.0 Å². The van der Waals surface area contributed by atoms with Gasteiger partial charge in [-0.15, -0.1) is 0 Å². The number of benzene rings is 1. The quantitative estimate of drug-likeness (QED) is 0.825. The molecule has 1 aromatic rings. The number of rotatable bonds is 5. The molecule has 1 heteroatoms. The second-order valence-electron chi connectivity index (χ2n) is 7.02. The number of nitrogens with one attached hydrogen (secondary N) is 1. The summed E-state index contributed by atoms with van der Waals surface area (Å²) in [7, 11) is 0. The van der Waals surface area contributed by atoms with Crippen molar-refractivity contribution in [1.82, 2.24) is 5.32 Å². The third kappa shape index (κ3) is 3.09. The Morgan fingerprint density at radius 1 is 1.10 bits per heavy atom. The van der Waals surface area contributed by atoms with Crippen molar-refractivity contribution in [3.8, 4) is 0 Å². The van der Waals surface area contributed by atoms with Crippen LogP contribution in [0.1, 0.15) is 57.4 Å². The van der Waals surface area contributed by atoms with Crippen molar-refractivity contribution in [2.75, 3.05) is 6.54 Å². The van der Waals surface area contributed by atoms with E-state index in [-0.39, 0.29) is 0 Å². The summed E-state index contributed by atoms with van der Waals surface area (Å²) in [5, 5.41) is 3.83. The first kappa shape index (κ1) is 14.1. The Hall–Kier alpha value is -0.820. The molecular formula is C19H29N. The van der Waals surface area contributed by atoms with Crippen LogP contribution < -0.4 is 5.32 Å². The zero-order valence-electron chi connectivity index (χ0n) is 13.0. The van der Waals surface area contributed by atoms with Gasteiger partial charge in [-0.25, -0.2) is 0 Å². The molecule has 20 heavy (non-hydrogen) atoms. The van der Waals surface area contributed by atoms with Gasteiger partial charge in [0.1, 0.15) is 0 Å². The standard InChI is InChI=1S/C19H29N/c1-3-20-19(16-11-9-14(2)10-12-16)18-13-17(18)15-7-5-4-6-8-15/h4-8,14,16-20H,3,9-13H2,1-2H3. The molecule has 3 rings (SSSR count). The molecule has 110 valence electrons. The van der Waals surface area contributed by atoms with Crippen molar-refractivity contribution < 1.29 is 0 Å². The van der Waals surface area contributed by atoms with Gasteiger partial charge in [-0.2, -0.15) is 0 Å². The van der Waals surface area contributed by atoms with E-state index in [1.807, 2.05) is 0 Å². The van der Waals surface area contributed by atoms with E-state index < -0.39 is 0 Å². The minimum absolute atomic E-state index is 0.762. The summed E-state index contributed by atoms with van der Waals surface area (Å²) in [4.78, 5) is 0. The molecule has 1 N–H and O–H groups in total. The fourth-order valence-electron chi connectivity index (χ4n) is 4.24. The SMILES string of the molecule is CCNC(C1CCC(C)CC1)C1CC1c1ccccc1. The van der Waals surface area contributed by atoms with E-state index in [9.17, 15) is 0 Å². The van der Waals surface area contributed by atoms with Crippen molar-refractivity contribution >= 4 is 0 Å². The molecule has 3 unspecified atom stereocenters. The molecule has 3 atom stereocenters. The molecular weight excluding hydrogens is 242 g/mol. The predicted octanol–water partition coefficient (Wildman–Crippen LogP) is 4.59. The molecule has 2 aliphatic rings. The Labute approximate surface area is 124 Å². The second-order valence-corrected chi connectivity index (χ2v) is 7.02. The highest BCUT2D eigenvalue weighted by Crippen LogP contribution is 2.52. The van der Waals surface area contributed by atoms with Crippen molar-refractivity contribution in [1.29, 1.82) is 0 Å². The predicted molar refractivity (Wildman–Crippen MR) is 85.9 cm³/mol. The van der Waals surface area contributed by atoms with Gasteiger partial charge in [0, 0.05) is 6.04 Å². The molecule has 0 aromatic heterocycles. The van der Waals surface area contributed by atoms with Crippen LogP contribution in [0.5, 0.6) is 0 Å². The molecule has 0 bridgehead atoms. The molecule has 0 saturated heterocycles. The van der Waals surface area contributed by atoms with Crippen molar-refractivity contribution in [3.05, 3.63) is 35.9 Å². The average Bonchev–Trinajstić information content (AvgIpc) is 3.27. The summed E-state index contributed by atoms with van der Waals surface area (Å²) >= 11 is 0. The van der Waals surface area contributed by atoms with E-state index >= 15 is 0 Å². The van der Waals surface area contributed by atoms with Crippen LogP contribution >= 0.6 is 0 Å². The average molecular weight is 271 g/mol. The first-order chi connectivity index (χ1) is 9.79. The summed E-state index contributed by atoms with van der Waals surface area (Å²) in [5.41, 5.74) is 1.56. The molecule has 0 heterocycles. The Balaban J connectivity index is 1.64. The normalized spacial score (nSPS) is 34.7. The maximum Gasteiger partial charge on any atom is 0.0129 e. The van der Waals surface area contributed by atoms with Gasteiger partial charge in [0.05, 0.1) is 0 Å². The molecule has 1 nitrogen and oxygen atoms in total. The van der Waals surface area contributed by atoms with Crippen molar-refractivity contribution in [3.63, 3.8) is 0 Å². The van der Waals surface area contributed by atoms with E-state index in [2.05, 4.69) is 49.5 Å². The molecule has 0 radical (unpaired) electrons. The Morgan fingerprint density at radius 2 is 1.80 bits per heavy atom. The Bertz CT molecular complexity index is 405. The van der Waals surface area contributed by atoms with Crippen LogP contribution in [0.25, 0.3) is 0 Å². The smallest absolute Gasteiger partial charge is 0.0129 e. The van der Waals surface area contributed by atoms with Crippen LogP contribution in [0, 0.1) is 17.8 Å². The molecule has 2 saturated carbocycles. The van der Waals surface area contributed by atoms with Crippen LogP contribution in [-0.4, -0.2) is 12.6 Å². The molecule has 2 aliphatic carbocycles. The zero-order valence-corrected chi connectivity index (χ0v) is 13.0. The van der Waals surface area contributed by atoms with Crippen LogP contribution in [0.4, 0.5) is 0 Å². The van der Waals surface area contributed by atoms with Gasteiger partial charge in [-0.1, -0.05) is 57.0 Å². The lowest BCUT2D eigenvalue weighted by atomic mass is 9.77. The monoisotopic (exact) mass is 271 g/mol. The minimum Gasteiger partial charge on any atom is -0.314 e. The fourth-order valence-corrected chi connectivity index (χ4v) is 4.24. The lowest BCUT2D eigenvalue weighted by Crippen LogP contribution is -2.40. The van der Waals surface area contributed by atoms with E-state index in [0.717, 1.165) is 36.3 Å². The first-order valence-corrected chi connectivity index (χ1v) is 8.58. The highest BCUT2D eigenvalue weighted by Gasteiger charge is 2.46. The van der Waals surface area contributed by atoms with E-state index in [1.54, 1.807) is 5.56 Å². The van der Waals surface area contributed by atoms with Gasteiger partial charge >= 0.3 is 0 Å². The number of hydrogen-bond donors (Lipinski definition) is 1. The van der Waals surface area contributed by atoms with Gasteiger partial charge in [0.15, 0.2) is 0 Å². The van der Waals surface area contributed by atoms with Gasteiger partial charge in [-0.3, -0.25) is 0 Å². The van der Waals surface area contributed by atoms with Gasteiger partial charge in [0.2, 0.25) is 0 Å². The highest BCUT2D eigenvalue weighted by molar-refractivity contribution is 5.27. The van der Waals surface area contributed by atoms with Gasteiger partial charge in [-0.05, 0) is 55.0 Å². The molecule has 0 spiro atoms. The van der Waals surface area contributed by atoms with Crippen LogP contribution in [-0.2, 0) is 0 Å². The third-order valence-electron chi connectivity index (χ3n) is 5.54.